The SMILES string of the molecule is CCOc1ccc([C@@H]2C(=C(O)c3ccc(OC)cc3)C(=O)C(=O)N2CCCN(C)C)cc1. The molecule has 0 radical (unpaired) electrons. The molecule has 32 heavy (non-hydrogen) atoms. The highest BCUT2D eigenvalue weighted by atomic mass is 16.5. The monoisotopic (exact) mass is 438 g/mol. The minimum atomic E-state index is -0.679. The molecule has 1 N–H and O–H groups in total. The molecule has 2 aromatic rings. The maximum atomic E-state index is 13.0. The van der Waals surface area contributed by atoms with Crippen LogP contribution in [0.15, 0.2) is 54.1 Å². The fourth-order valence-electron chi connectivity index (χ4n) is 3.83. The van der Waals surface area contributed by atoms with E-state index in [1.165, 1.54) is 0 Å². The number of nitrogens with zero attached hydrogens (tertiary/aromatic N) is 2. The number of aliphatic hydroxyl groups excluding tert-OH is 1. The Kier molecular flexibility index (Phi) is 7.53. The van der Waals surface area contributed by atoms with Gasteiger partial charge in [-0.2, -0.15) is 0 Å². The predicted molar refractivity (Wildman–Crippen MR) is 123 cm³/mol. The molecule has 170 valence electrons. The summed E-state index contributed by atoms with van der Waals surface area (Å²) in [7, 11) is 5.48. The lowest BCUT2D eigenvalue weighted by Gasteiger charge is -2.26. The zero-order chi connectivity index (χ0) is 23.3. The van der Waals surface area contributed by atoms with Crippen molar-refractivity contribution in [1.29, 1.82) is 0 Å². The molecule has 0 aromatic heterocycles. The summed E-state index contributed by atoms with van der Waals surface area (Å²) in [4.78, 5) is 29.6. The summed E-state index contributed by atoms with van der Waals surface area (Å²) in [6.45, 7) is 3.62. The van der Waals surface area contributed by atoms with E-state index in [1.807, 2.05) is 50.2 Å². The van der Waals surface area contributed by atoms with Crippen LogP contribution in [-0.2, 0) is 9.59 Å². The lowest BCUT2D eigenvalue weighted by atomic mass is 9.95. The topological polar surface area (TPSA) is 79.3 Å². The van der Waals surface area contributed by atoms with Gasteiger partial charge in [0.05, 0.1) is 25.3 Å². The average molecular weight is 439 g/mol. The molecule has 1 atom stereocenters. The van der Waals surface area contributed by atoms with Crippen LogP contribution < -0.4 is 9.47 Å². The van der Waals surface area contributed by atoms with Crippen LogP contribution in [0, 0.1) is 0 Å². The van der Waals surface area contributed by atoms with Crippen molar-refractivity contribution in [3.8, 4) is 11.5 Å². The van der Waals surface area contributed by atoms with E-state index < -0.39 is 17.7 Å². The van der Waals surface area contributed by atoms with Crippen LogP contribution >= 0.6 is 0 Å². The molecular formula is C25H30N2O5. The minimum Gasteiger partial charge on any atom is -0.507 e. The van der Waals surface area contributed by atoms with Gasteiger partial charge < -0.3 is 24.4 Å². The van der Waals surface area contributed by atoms with E-state index in [4.69, 9.17) is 9.47 Å². The smallest absolute Gasteiger partial charge is 0.295 e. The highest BCUT2D eigenvalue weighted by Crippen LogP contribution is 2.40. The van der Waals surface area contributed by atoms with Gasteiger partial charge in [-0.05, 0) is 75.9 Å². The number of aliphatic hydroxyl groups is 1. The van der Waals surface area contributed by atoms with Crippen molar-refractivity contribution in [2.75, 3.05) is 40.9 Å². The third-order valence-corrected chi connectivity index (χ3v) is 5.41. The van der Waals surface area contributed by atoms with Gasteiger partial charge in [-0.3, -0.25) is 9.59 Å². The van der Waals surface area contributed by atoms with E-state index in [-0.39, 0.29) is 11.3 Å². The quantitative estimate of drug-likeness (QED) is 0.367. The summed E-state index contributed by atoms with van der Waals surface area (Å²) >= 11 is 0. The molecule has 3 rings (SSSR count). The minimum absolute atomic E-state index is 0.0918. The fourth-order valence-corrected chi connectivity index (χ4v) is 3.83. The summed E-state index contributed by atoms with van der Waals surface area (Å²) in [5, 5.41) is 11.1. The second kappa shape index (κ2) is 10.3. The molecule has 0 unspecified atom stereocenters. The van der Waals surface area contributed by atoms with Gasteiger partial charge in [-0.25, -0.2) is 0 Å². The number of carbonyl (C=O) groups excluding carboxylic acids is 2. The van der Waals surface area contributed by atoms with E-state index in [1.54, 1.807) is 36.3 Å². The number of Topliss-reactive ketones (excluding diaryl/α,β-unsaturated/α-hetero) is 1. The first kappa shape index (κ1) is 23.3. The first-order chi connectivity index (χ1) is 15.4. The lowest BCUT2D eigenvalue weighted by molar-refractivity contribution is -0.139. The molecule has 1 aliphatic heterocycles. The van der Waals surface area contributed by atoms with Crippen LogP contribution in [0.5, 0.6) is 11.5 Å². The van der Waals surface area contributed by atoms with Gasteiger partial charge >= 0.3 is 0 Å². The Morgan fingerprint density at radius 2 is 1.66 bits per heavy atom. The largest absolute Gasteiger partial charge is 0.507 e. The van der Waals surface area contributed by atoms with Crippen molar-refractivity contribution in [2.24, 2.45) is 0 Å². The standard InChI is InChI=1S/C25H30N2O5/c1-5-32-20-13-7-17(8-14-20)22-21(23(28)18-9-11-19(31-4)12-10-18)24(29)25(30)27(22)16-6-15-26(2)3/h7-14,22,28H,5-6,15-16H2,1-4H3/t22-/m1/s1. The van der Waals surface area contributed by atoms with Gasteiger partial charge in [0.15, 0.2) is 0 Å². The second-order valence-corrected chi connectivity index (χ2v) is 7.88. The number of hydrogen-bond donors (Lipinski definition) is 1. The maximum absolute atomic E-state index is 13.0. The Morgan fingerprint density at radius 1 is 1.03 bits per heavy atom. The third-order valence-electron chi connectivity index (χ3n) is 5.41. The summed E-state index contributed by atoms with van der Waals surface area (Å²) in [6, 6.07) is 13.4. The number of carbonyl (C=O) groups is 2. The zero-order valence-electron chi connectivity index (χ0n) is 19.0. The molecule has 7 heteroatoms. The molecule has 0 saturated carbocycles. The molecule has 1 fully saturated rings. The Labute approximate surface area is 188 Å². The van der Waals surface area contributed by atoms with E-state index in [9.17, 15) is 14.7 Å². The summed E-state index contributed by atoms with van der Waals surface area (Å²) in [5.74, 6) is -0.135. The number of benzene rings is 2. The van der Waals surface area contributed by atoms with Crippen LogP contribution in [0.4, 0.5) is 0 Å². The third kappa shape index (κ3) is 4.94. The number of ether oxygens (including phenoxy) is 2. The Balaban J connectivity index is 2.05. The average Bonchev–Trinajstić information content (AvgIpc) is 3.04. The predicted octanol–water partition coefficient (Wildman–Crippen LogP) is 3.47. The normalized spacial score (nSPS) is 17.8. The Morgan fingerprint density at radius 3 is 2.22 bits per heavy atom. The van der Waals surface area contributed by atoms with Gasteiger partial charge in [0.25, 0.3) is 11.7 Å². The number of ketones is 1. The molecule has 2 aromatic carbocycles. The maximum Gasteiger partial charge on any atom is 0.295 e. The van der Waals surface area contributed by atoms with Crippen molar-refractivity contribution in [3.05, 3.63) is 65.2 Å². The number of amides is 1. The van der Waals surface area contributed by atoms with Crippen LogP contribution in [0.3, 0.4) is 0 Å². The lowest BCUT2D eigenvalue weighted by Crippen LogP contribution is -2.32. The van der Waals surface area contributed by atoms with Crippen molar-refractivity contribution in [1.82, 2.24) is 9.80 Å². The van der Waals surface area contributed by atoms with Crippen molar-refractivity contribution >= 4 is 17.4 Å². The van der Waals surface area contributed by atoms with Crippen molar-refractivity contribution < 1.29 is 24.2 Å². The summed E-state index contributed by atoms with van der Waals surface area (Å²) < 4.78 is 10.7. The molecule has 0 spiro atoms. The first-order valence-electron chi connectivity index (χ1n) is 10.7. The van der Waals surface area contributed by atoms with Crippen LogP contribution in [0.25, 0.3) is 5.76 Å². The van der Waals surface area contributed by atoms with Crippen LogP contribution in [0.2, 0.25) is 0 Å². The molecule has 7 nitrogen and oxygen atoms in total. The highest BCUT2D eigenvalue weighted by Gasteiger charge is 2.45. The van der Waals surface area contributed by atoms with Gasteiger partial charge in [-0.15, -0.1) is 0 Å². The first-order valence-corrected chi connectivity index (χ1v) is 10.7. The zero-order valence-corrected chi connectivity index (χ0v) is 19.0. The van der Waals surface area contributed by atoms with E-state index >= 15 is 0 Å². The van der Waals surface area contributed by atoms with Crippen LogP contribution in [-0.4, -0.2) is 67.5 Å². The van der Waals surface area contributed by atoms with E-state index in [2.05, 4.69) is 0 Å². The summed E-state index contributed by atoms with van der Waals surface area (Å²) in [6.07, 6.45) is 0.704. The van der Waals surface area contributed by atoms with Gasteiger partial charge in [0.2, 0.25) is 0 Å². The van der Waals surface area contributed by atoms with Crippen molar-refractivity contribution in [3.63, 3.8) is 0 Å². The molecule has 0 bridgehead atoms. The Bertz CT molecular complexity index is 980. The molecule has 1 heterocycles. The summed E-state index contributed by atoms with van der Waals surface area (Å²) in [5.41, 5.74) is 1.29. The molecule has 1 amide bonds. The Hall–Kier alpha value is -3.32. The number of hydrogen-bond acceptors (Lipinski definition) is 6. The van der Waals surface area contributed by atoms with E-state index in [0.717, 1.165) is 12.1 Å². The van der Waals surface area contributed by atoms with Crippen LogP contribution in [0.1, 0.15) is 30.5 Å². The molecule has 1 saturated heterocycles. The number of likely N-dealkylation sites (tertiary alicyclic amines) is 1. The fraction of sp³-hybridized carbons (Fsp3) is 0.360. The number of methoxy groups -OCH3 is 1. The molecule has 1 aliphatic rings. The van der Waals surface area contributed by atoms with Gasteiger partial charge in [0.1, 0.15) is 17.3 Å². The van der Waals surface area contributed by atoms with E-state index in [0.29, 0.717) is 36.6 Å². The van der Waals surface area contributed by atoms with Gasteiger partial charge in [0, 0.05) is 12.1 Å². The highest BCUT2D eigenvalue weighted by molar-refractivity contribution is 6.46. The second-order valence-electron chi connectivity index (χ2n) is 7.88. The molecule has 0 aliphatic carbocycles. The van der Waals surface area contributed by atoms with Gasteiger partial charge in [-0.1, -0.05) is 12.1 Å². The molecular weight excluding hydrogens is 408 g/mol. The number of rotatable bonds is 9. The van der Waals surface area contributed by atoms with Crippen molar-refractivity contribution in [2.45, 2.75) is 19.4 Å².